The maximum Gasteiger partial charge on any atom is 0.325 e. The number of benzene rings is 2. The van der Waals surface area contributed by atoms with Crippen molar-refractivity contribution in [3.8, 4) is 11.5 Å². The minimum Gasteiger partial charge on any atom is -0.497 e. The van der Waals surface area contributed by atoms with Crippen LogP contribution in [0.5, 0.6) is 11.5 Å². The lowest BCUT2D eigenvalue weighted by Crippen LogP contribution is -2.56. The van der Waals surface area contributed by atoms with Crippen molar-refractivity contribution in [3.05, 3.63) is 54.1 Å². The lowest BCUT2D eigenvalue weighted by atomic mass is 9.68. The number of anilines is 1. The molecular formula is C29H39N3O3. The predicted octanol–water partition coefficient (Wildman–Crippen LogP) is 5.52. The molecule has 1 saturated heterocycles. The van der Waals surface area contributed by atoms with Crippen LogP contribution in [0.1, 0.15) is 50.5 Å². The topological polar surface area (TPSA) is 45.2 Å². The first-order valence-corrected chi connectivity index (χ1v) is 13.0. The molecule has 1 spiro atoms. The summed E-state index contributed by atoms with van der Waals surface area (Å²) in [5, 5.41) is 0. The van der Waals surface area contributed by atoms with E-state index in [0.29, 0.717) is 18.2 Å². The molecule has 0 N–H and O–H groups in total. The summed E-state index contributed by atoms with van der Waals surface area (Å²) in [6.45, 7) is 1.58. The molecule has 6 heteroatoms. The summed E-state index contributed by atoms with van der Waals surface area (Å²) in [5.74, 6) is 2.04. The van der Waals surface area contributed by atoms with E-state index in [0.717, 1.165) is 43.7 Å². The van der Waals surface area contributed by atoms with Crippen molar-refractivity contribution in [3.63, 3.8) is 0 Å². The van der Waals surface area contributed by atoms with E-state index < -0.39 is 0 Å². The van der Waals surface area contributed by atoms with Crippen LogP contribution in [0.4, 0.5) is 10.5 Å². The summed E-state index contributed by atoms with van der Waals surface area (Å²) in [7, 11) is 7.71. The Hall–Kier alpha value is -2.73. The van der Waals surface area contributed by atoms with Gasteiger partial charge in [-0.05, 0) is 76.2 Å². The fraction of sp³-hybridized carbons (Fsp3) is 0.552. The van der Waals surface area contributed by atoms with Gasteiger partial charge in [-0.25, -0.2) is 4.79 Å². The Labute approximate surface area is 209 Å². The van der Waals surface area contributed by atoms with Crippen LogP contribution in [-0.2, 0) is 5.54 Å². The van der Waals surface area contributed by atoms with Gasteiger partial charge in [0, 0.05) is 18.2 Å². The van der Waals surface area contributed by atoms with Gasteiger partial charge in [0.05, 0.1) is 32.0 Å². The van der Waals surface area contributed by atoms with Crippen LogP contribution in [0, 0.1) is 5.92 Å². The molecule has 2 amide bonds. The van der Waals surface area contributed by atoms with Crippen LogP contribution >= 0.6 is 0 Å². The number of hydrogen-bond acceptors (Lipinski definition) is 4. The van der Waals surface area contributed by atoms with Gasteiger partial charge >= 0.3 is 6.03 Å². The van der Waals surface area contributed by atoms with E-state index in [1.165, 1.54) is 24.8 Å². The molecule has 0 atom stereocenters. The van der Waals surface area contributed by atoms with Crippen molar-refractivity contribution >= 4 is 11.7 Å². The normalized spacial score (nSPS) is 26.9. The van der Waals surface area contributed by atoms with E-state index in [9.17, 15) is 4.79 Å². The Morgan fingerprint density at radius 3 is 2.26 bits per heavy atom. The molecule has 188 valence electrons. The first-order valence-electron chi connectivity index (χ1n) is 13.0. The lowest BCUT2D eigenvalue weighted by molar-refractivity contribution is 0.0172. The molecule has 2 aliphatic carbocycles. The minimum atomic E-state index is -0.147. The van der Waals surface area contributed by atoms with Crippen LogP contribution < -0.4 is 14.4 Å². The van der Waals surface area contributed by atoms with E-state index in [4.69, 9.17) is 9.47 Å². The van der Waals surface area contributed by atoms with Gasteiger partial charge in [0.1, 0.15) is 11.5 Å². The molecule has 2 aromatic carbocycles. The summed E-state index contributed by atoms with van der Waals surface area (Å²) < 4.78 is 11.1. The molecule has 1 aliphatic heterocycles. The Bertz CT molecular complexity index is 1040. The molecule has 35 heavy (non-hydrogen) atoms. The molecule has 0 aromatic heterocycles. The van der Waals surface area contributed by atoms with Gasteiger partial charge in [-0.2, -0.15) is 0 Å². The van der Waals surface area contributed by atoms with Crippen molar-refractivity contribution in [2.75, 3.05) is 46.3 Å². The summed E-state index contributed by atoms with van der Waals surface area (Å²) in [5.41, 5.74) is 2.07. The van der Waals surface area contributed by atoms with Gasteiger partial charge in [0.15, 0.2) is 0 Å². The Kier molecular flexibility index (Phi) is 6.43. The summed E-state index contributed by atoms with van der Waals surface area (Å²) >= 11 is 0. The SMILES string of the molecule is COc1ccc(N2CC3(CCC(c4ccccc4)(N(C)C)CC3)N(CC3CCC3)C2=O)c(OC)c1. The average molecular weight is 478 g/mol. The number of methoxy groups -OCH3 is 2. The number of hydrogen-bond donors (Lipinski definition) is 0. The first kappa shape index (κ1) is 24.0. The number of urea groups is 1. The molecule has 3 fully saturated rings. The lowest BCUT2D eigenvalue weighted by Gasteiger charge is -2.51. The molecule has 0 radical (unpaired) electrons. The summed E-state index contributed by atoms with van der Waals surface area (Å²) in [6.07, 6.45) is 7.81. The molecule has 6 nitrogen and oxygen atoms in total. The van der Waals surface area contributed by atoms with Crippen molar-refractivity contribution < 1.29 is 14.3 Å². The maximum atomic E-state index is 14.0. The highest BCUT2D eigenvalue weighted by Gasteiger charge is 2.55. The van der Waals surface area contributed by atoms with E-state index in [-0.39, 0.29) is 17.1 Å². The van der Waals surface area contributed by atoms with Crippen LogP contribution in [0.3, 0.4) is 0 Å². The zero-order chi connectivity index (χ0) is 24.6. The Morgan fingerprint density at radius 1 is 0.971 bits per heavy atom. The Morgan fingerprint density at radius 2 is 1.69 bits per heavy atom. The van der Waals surface area contributed by atoms with E-state index >= 15 is 0 Å². The zero-order valence-electron chi connectivity index (χ0n) is 21.6. The number of amides is 2. The number of carbonyl (C=O) groups is 1. The number of ether oxygens (including phenoxy) is 2. The van der Waals surface area contributed by atoms with Crippen molar-refractivity contribution in [2.24, 2.45) is 5.92 Å². The fourth-order valence-corrected chi connectivity index (χ4v) is 6.50. The van der Waals surface area contributed by atoms with Gasteiger partial charge in [-0.1, -0.05) is 36.8 Å². The molecule has 0 bridgehead atoms. The second kappa shape index (κ2) is 9.38. The molecule has 2 saturated carbocycles. The highest BCUT2D eigenvalue weighted by Crippen LogP contribution is 2.51. The molecule has 2 aromatic rings. The average Bonchev–Trinajstić information content (AvgIpc) is 3.12. The van der Waals surface area contributed by atoms with Gasteiger partial charge in [-0.15, -0.1) is 0 Å². The van der Waals surface area contributed by atoms with Crippen molar-refractivity contribution in [1.82, 2.24) is 9.80 Å². The molecular weight excluding hydrogens is 438 g/mol. The van der Waals surface area contributed by atoms with Gasteiger partial charge in [0.2, 0.25) is 0 Å². The Balaban J connectivity index is 1.47. The van der Waals surface area contributed by atoms with Crippen LogP contribution in [0.2, 0.25) is 0 Å². The second-order valence-corrected chi connectivity index (χ2v) is 10.8. The van der Waals surface area contributed by atoms with Crippen LogP contribution in [-0.4, -0.2) is 62.8 Å². The standard InChI is InChI=1S/C29H39N3O3/c1-30(2)29(23-11-6-5-7-12-23)17-15-28(16-18-29)21-31(27(33)32(28)20-22-9-8-10-22)25-14-13-24(34-3)19-26(25)35-4/h5-7,11-14,19,22H,8-10,15-18,20-21H2,1-4H3. The van der Waals surface area contributed by atoms with E-state index in [1.807, 2.05) is 23.1 Å². The van der Waals surface area contributed by atoms with Gasteiger partial charge in [0.25, 0.3) is 0 Å². The smallest absolute Gasteiger partial charge is 0.325 e. The van der Waals surface area contributed by atoms with Gasteiger partial charge < -0.3 is 14.4 Å². The predicted molar refractivity (Wildman–Crippen MR) is 139 cm³/mol. The zero-order valence-corrected chi connectivity index (χ0v) is 21.6. The third-order valence-electron chi connectivity index (χ3n) is 9.01. The third kappa shape index (κ3) is 4.06. The maximum absolute atomic E-state index is 14.0. The van der Waals surface area contributed by atoms with Crippen molar-refractivity contribution in [2.45, 2.75) is 56.0 Å². The highest BCUT2D eigenvalue weighted by molar-refractivity contribution is 5.97. The molecule has 5 rings (SSSR count). The number of nitrogens with zero attached hydrogens (tertiary/aromatic N) is 3. The summed E-state index contributed by atoms with van der Waals surface area (Å²) in [6, 6.07) is 16.8. The largest absolute Gasteiger partial charge is 0.497 e. The second-order valence-electron chi connectivity index (χ2n) is 10.8. The van der Waals surface area contributed by atoms with E-state index in [2.05, 4.69) is 54.2 Å². The summed E-state index contributed by atoms with van der Waals surface area (Å²) in [4.78, 5) is 20.6. The molecule has 0 unspecified atom stereocenters. The van der Waals surface area contributed by atoms with Crippen molar-refractivity contribution in [1.29, 1.82) is 0 Å². The molecule has 3 aliphatic rings. The van der Waals surface area contributed by atoms with Crippen LogP contribution in [0.15, 0.2) is 48.5 Å². The number of carbonyl (C=O) groups excluding carboxylic acids is 1. The minimum absolute atomic E-state index is 0.00290. The fourth-order valence-electron chi connectivity index (χ4n) is 6.50. The van der Waals surface area contributed by atoms with Gasteiger partial charge in [-0.3, -0.25) is 9.80 Å². The highest BCUT2D eigenvalue weighted by atomic mass is 16.5. The van der Waals surface area contributed by atoms with Crippen LogP contribution in [0.25, 0.3) is 0 Å². The number of rotatable bonds is 7. The monoisotopic (exact) mass is 477 g/mol. The first-order chi connectivity index (χ1) is 16.9. The van der Waals surface area contributed by atoms with E-state index in [1.54, 1.807) is 14.2 Å². The quantitative estimate of drug-likeness (QED) is 0.527. The third-order valence-corrected chi connectivity index (χ3v) is 9.01. The molecule has 1 heterocycles.